The molecule has 0 aliphatic heterocycles. The molecule has 1 N–H and O–H groups in total. The predicted octanol–water partition coefficient (Wildman–Crippen LogP) is 3.41. The number of carbonyl (C=O) groups is 1. The van der Waals surface area contributed by atoms with Crippen molar-refractivity contribution < 1.29 is 17.9 Å². The van der Waals surface area contributed by atoms with Crippen LogP contribution in [0.2, 0.25) is 0 Å². The van der Waals surface area contributed by atoms with Gasteiger partial charge in [-0.3, -0.25) is 14.1 Å². The summed E-state index contributed by atoms with van der Waals surface area (Å²) in [6.07, 6.45) is 4.48. The molecule has 150 valence electrons. The minimum atomic E-state index is -3.51. The fraction of sp³-hybridized carbons (Fsp3) is 0.143. The first-order chi connectivity index (χ1) is 13.8. The molecule has 0 radical (unpaired) electrons. The summed E-state index contributed by atoms with van der Waals surface area (Å²) in [6, 6.07) is 15.5. The molecule has 0 bridgehead atoms. The Morgan fingerprint density at radius 3 is 2.38 bits per heavy atom. The number of methoxy groups -OCH3 is 1. The minimum Gasteiger partial charge on any atom is -0.497 e. The second-order valence-corrected chi connectivity index (χ2v) is 8.40. The number of hydrogen-bond donors (Lipinski definition) is 1. The fourth-order valence-corrected chi connectivity index (χ4v) is 3.26. The number of rotatable bonds is 6. The summed E-state index contributed by atoms with van der Waals surface area (Å²) in [5.41, 5.74) is 2.81. The summed E-state index contributed by atoms with van der Waals surface area (Å²) in [5, 5.41) is 2.82. The van der Waals surface area contributed by atoms with E-state index in [0.29, 0.717) is 22.7 Å². The first kappa shape index (κ1) is 20.3. The molecule has 29 heavy (non-hydrogen) atoms. The van der Waals surface area contributed by atoms with Crippen molar-refractivity contribution in [3.8, 4) is 16.9 Å². The predicted molar refractivity (Wildman–Crippen MR) is 114 cm³/mol. The standard InChI is InChI=1S/C21H21N3O4S/c1-24(29(3,26)27)20-11-8-16(17-5-4-12-22-14-17)13-19(20)23-21(25)15-6-9-18(28-2)10-7-15/h4-14H,1-3H3,(H,23,25). The quantitative estimate of drug-likeness (QED) is 0.672. The normalized spacial score (nSPS) is 11.0. The van der Waals surface area contributed by atoms with Crippen LogP contribution >= 0.6 is 0 Å². The lowest BCUT2D eigenvalue weighted by atomic mass is 10.1. The van der Waals surface area contributed by atoms with E-state index in [4.69, 9.17) is 4.74 Å². The molecular formula is C21H21N3O4S. The van der Waals surface area contributed by atoms with E-state index < -0.39 is 10.0 Å². The molecule has 8 heteroatoms. The maximum Gasteiger partial charge on any atom is 0.255 e. The molecule has 7 nitrogen and oxygen atoms in total. The smallest absolute Gasteiger partial charge is 0.255 e. The number of ether oxygens (including phenoxy) is 1. The third-order valence-electron chi connectivity index (χ3n) is 4.43. The number of amides is 1. The zero-order chi connectivity index (χ0) is 21.0. The molecule has 0 spiro atoms. The van der Waals surface area contributed by atoms with Gasteiger partial charge in [-0.15, -0.1) is 0 Å². The molecule has 0 unspecified atom stereocenters. The van der Waals surface area contributed by atoms with Gasteiger partial charge in [-0.05, 0) is 48.0 Å². The minimum absolute atomic E-state index is 0.362. The average Bonchev–Trinajstić information content (AvgIpc) is 2.73. The van der Waals surface area contributed by atoms with E-state index in [9.17, 15) is 13.2 Å². The van der Waals surface area contributed by atoms with E-state index in [1.165, 1.54) is 7.05 Å². The van der Waals surface area contributed by atoms with Crippen molar-refractivity contribution in [1.82, 2.24) is 4.98 Å². The first-order valence-corrected chi connectivity index (χ1v) is 10.6. The van der Waals surface area contributed by atoms with Gasteiger partial charge in [0.2, 0.25) is 10.0 Å². The van der Waals surface area contributed by atoms with Crippen LogP contribution in [0.3, 0.4) is 0 Å². The van der Waals surface area contributed by atoms with Gasteiger partial charge in [-0.2, -0.15) is 0 Å². The van der Waals surface area contributed by atoms with Crippen molar-refractivity contribution >= 4 is 27.3 Å². The van der Waals surface area contributed by atoms with Crippen molar-refractivity contribution in [3.63, 3.8) is 0 Å². The molecule has 2 aromatic carbocycles. The number of sulfonamides is 1. The molecule has 0 aliphatic carbocycles. The van der Waals surface area contributed by atoms with Gasteiger partial charge in [0.25, 0.3) is 5.91 Å². The number of nitrogens with zero attached hydrogens (tertiary/aromatic N) is 2. The van der Waals surface area contributed by atoms with Crippen LogP contribution in [0.5, 0.6) is 5.75 Å². The van der Waals surface area contributed by atoms with E-state index in [2.05, 4.69) is 10.3 Å². The fourth-order valence-electron chi connectivity index (χ4n) is 2.74. The van der Waals surface area contributed by atoms with Gasteiger partial charge < -0.3 is 10.1 Å². The molecule has 1 heterocycles. The summed E-state index contributed by atoms with van der Waals surface area (Å²) < 4.78 is 30.3. The van der Waals surface area contributed by atoms with Crippen LogP contribution in [0.1, 0.15) is 10.4 Å². The van der Waals surface area contributed by atoms with Gasteiger partial charge in [-0.1, -0.05) is 12.1 Å². The Morgan fingerprint density at radius 1 is 1.07 bits per heavy atom. The third kappa shape index (κ3) is 4.72. The number of nitrogens with one attached hydrogen (secondary N) is 1. The highest BCUT2D eigenvalue weighted by molar-refractivity contribution is 7.92. The number of pyridine rings is 1. The van der Waals surface area contributed by atoms with Crippen LogP contribution in [-0.4, -0.2) is 39.7 Å². The van der Waals surface area contributed by atoms with Crippen LogP contribution in [0, 0.1) is 0 Å². The summed E-state index contributed by atoms with van der Waals surface area (Å²) in [4.78, 5) is 16.9. The lowest BCUT2D eigenvalue weighted by Crippen LogP contribution is -2.26. The SMILES string of the molecule is COc1ccc(C(=O)Nc2cc(-c3cccnc3)ccc2N(C)S(C)(=O)=O)cc1. The zero-order valence-electron chi connectivity index (χ0n) is 16.3. The molecule has 0 saturated carbocycles. The molecule has 0 fully saturated rings. The summed E-state index contributed by atoms with van der Waals surface area (Å²) in [6.45, 7) is 0. The van der Waals surface area contributed by atoms with Gasteiger partial charge in [-0.25, -0.2) is 8.42 Å². The van der Waals surface area contributed by atoms with Crippen molar-refractivity contribution in [2.24, 2.45) is 0 Å². The maximum atomic E-state index is 12.8. The van der Waals surface area contributed by atoms with Gasteiger partial charge in [0.15, 0.2) is 0 Å². The van der Waals surface area contributed by atoms with Crippen LogP contribution in [0.15, 0.2) is 67.0 Å². The van der Waals surface area contributed by atoms with Crippen molar-refractivity contribution in [2.75, 3.05) is 30.0 Å². The van der Waals surface area contributed by atoms with E-state index in [1.807, 2.05) is 12.1 Å². The lowest BCUT2D eigenvalue weighted by Gasteiger charge is -2.21. The second-order valence-electron chi connectivity index (χ2n) is 6.39. The number of hydrogen-bond acceptors (Lipinski definition) is 5. The third-order valence-corrected chi connectivity index (χ3v) is 5.62. The van der Waals surface area contributed by atoms with Crippen molar-refractivity contribution in [1.29, 1.82) is 0 Å². The number of benzene rings is 2. The van der Waals surface area contributed by atoms with Crippen LogP contribution in [-0.2, 0) is 10.0 Å². The molecule has 3 aromatic rings. The molecule has 3 rings (SSSR count). The Kier molecular flexibility index (Phi) is 5.84. The van der Waals surface area contributed by atoms with Gasteiger partial charge in [0.05, 0.1) is 24.7 Å². The molecular weight excluding hydrogens is 390 g/mol. The monoisotopic (exact) mass is 411 g/mol. The Hall–Kier alpha value is -3.39. The number of carbonyl (C=O) groups excluding carboxylic acids is 1. The van der Waals surface area contributed by atoms with Gasteiger partial charge in [0.1, 0.15) is 5.75 Å². The molecule has 0 saturated heterocycles. The second kappa shape index (κ2) is 8.32. The highest BCUT2D eigenvalue weighted by Gasteiger charge is 2.18. The highest BCUT2D eigenvalue weighted by atomic mass is 32.2. The van der Waals surface area contributed by atoms with E-state index in [-0.39, 0.29) is 5.91 Å². The molecule has 0 aliphatic rings. The van der Waals surface area contributed by atoms with Crippen molar-refractivity contribution in [3.05, 3.63) is 72.6 Å². The topological polar surface area (TPSA) is 88.6 Å². The first-order valence-electron chi connectivity index (χ1n) is 8.73. The number of anilines is 2. The summed E-state index contributed by atoms with van der Waals surface area (Å²) in [5.74, 6) is 0.275. The summed E-state index contributed by atoms with van der Waals surface area (Å²) >= 11 is 0. The van der Waals surface area contributed by atoms with Gasteiger partial charge >= 0.3 is 0 Å². The van der Waals surface area contributed by atoms with Crippen LogP contribution in [0.25, 0.3) is 11.1 Å². The highest BCUT2D eigenvalue weighted by Crippen LogP contribution is 2.32. The Labute approximate surface area is 170 Å². The number of aromatic nitrogens is 1. The Morgan fingerprint density at radius 2 is 1.79 bits per heavy atom. The molecule has 0 atom stereocenters. The summed E-state index contributed by atoms with van der Waals surface area (Å²) in [7, 11) is -0.522. The van der Waals surface area contributed by atoms with Crippen LogP contribution in [0.4, 0.5) is 11.4 Å². The van der Waals surface area contributed by atoms with E-state index >= 15 is 0 Å². The van der Waals surface area contributed by atoms with Gasteiger partial charge in [0, 0.05) is 30.6 Å². The molecule has 1 aromatic heterocycles. The maximum absolute atomic E-state index is 12.8. The average molecular weight is 411 g/mol. The zero-order valence-corrected chi connectivity index (χ0v) is 17.1. The largest absolute Gasteiger partial charge is 0.497 e. The molecule has 1 amide bonds. The lowest BCUT2D eigenvalue weighted by molar-refractivity contribution is 0.102. The van der Waals surface area contributed by atoms with Crippen LogP contribution < -0.4 is 14.4 Å². The van der Waals surface area contributed by atoms with E-state index in [0.717, 1.165) is 21.7 Å². The Balaban J connectivity index is 2.01. The van der Waals surface area contributed by atoms with E-state index in [1.54, 1.807) is 62.0 Å². The Bertz CT molecular complexity index is 1110. The van der Waals surface area contributed by atoms with Crippen molar-refractivity contribution in [2.45, 2.75) is 0 Å².